The van der Waals surface area contributed by atoms with E-state index in [1.54, 1.807) is 0 Å². The summed E-state index contributed by atoms with van der Waals surface area (Å²) >= 11 is 0. The molecule has 2 rings (SSSR count). The highest BCUT2D eigenvalue weighted by Crippen LogP contribution is 2.37. The van der Waals surface area contributed by atoms with E-state index in [0.717, 1.165) is 32.0 Å². The minimum atomic E-state index is -0.445. The first-order valence-corrected chi connectivity index (χ1v) is 7.80. The molecule has 1 aliphatic carbocycles. The topological polar surface area (TPSA) is 44.8 Å². The van der Waals surface area contributed by atoms with E-state index in [4.69, 9.17) is 14.8 Å². The van der Waals surface area contributed by atoms with Gasteiger partial charge in [-0.2, -0.15) is 4.89 Å². The van der Waals surface area contributed by atoms with Crippen molar-refractivity contribution in [2.45, 2.75) is 76.2 Å². The third-order valence-electron chi connectivity index (χ3n) is 4.54. The molecule has 0 N–H and O–H groups in total. The second-order valence-electron chi connectivity index (χ2n) is 5.93. The Morgan fingerprint density at radius 2 is 1.37 bits per heavy atom. The fourth-order valence-corrected chi connectivity index (χ4v) is 3.23. The maximum absolute atomic E-state index is 11.3. The van der Waals surface area contributed by atoms with Crippen LogP contribution in [0.1, 0.15) is 70.6 Å². The third kappa shape index (κ3) is 4.26. The van der Waals surface area contributed by atoms with Crippen LogP contribution in [0.5, 0.6) is 0 Å². The molecule has 1 aliphatic heterocycles. The van der Waals surface area contributed by atoms with Gasteiger partial charge in [0.15, 0.2) is 0 Å². The molecule has 0 amide bonds. The summed E-state index contributed by atoms with van der Waals surface area (Å²) in [6, 6.07) is 0. The lowest BCUT2D eigenvalue weighted by molar-refractivity contribution is -0.577. The van der Waals surface area contributed by atoms with Gasteiger partial charge < -0.3 is 4.79 Å². The molecule has 0 aromatic carbocycles. The number of carbonyl (C=O) groups is 1. The highest BCUT2D eigenvalue weighted by atomic mass is 17.5. The summed E-state index contributed by atoms with van der Waals surface area (Å²) in [7, 11) is 0. The predicted octanol–water partition coefficient (Wildman–Crippen LogP) is 3.74. The standard InChI is InChI=1S/C15H26O4/c16-12-14-13-17-19-18-15(14)10-8-6-4-2-1-3-5-7-9-11-15/h12,14H,1-11,13H2. The summed E-state index contributed by atoms with van der Waals surface area (Å²) in [5.74, 6) is -0.191. The average molecular weight is 270 g/mol. The van der Waals surface area contributed by atoms with Crippen molar-refractivity contribution in [3.05, 3.63) is 0 Å². The maximum Gasteiger partial charge on any atom is 0.128 e. The van der Waals surface area contributed by atoms with Gasteiger partial charge in [0.25, 0.3) is 0 Å². The molecule has 2 aliphatic rings. The van der Waals surface area contributed by atoms with Gasteiger partial charge in [0.2, 0.25) is 0 Å². The summed E-state index contributed by atoms with van der Waals surface area (Å²) in [5.41, 5.74) is -0.445. The summed E-state index contributed by atoms with van der Waals surface area (Å²) in [6.45, 7) is 0.323. The number of rotatable bonds is 1. The molecular weight excluding hydrogens is 244 g/mol. The number of hydrogen-bond acceptors (Lipinski definition) is 4. The van der Waals surface area contributed by atoms with E-state index in [2.05, 4.69) is 0 Å². The Morgan fingerprint density at radius 1 is 0.842 bits per heavy atom. The molecule has 1 unspecified atom stereocenters. The molecule has 0 aromatic rings. The van der Waals surface area contributed by atoms with E-state index < -0.39 is 5.60 Å². The Balaban J connectivity index is 1.97. The first kappa shape index (κ1) is 14.9. The predicted molar refractivity (Wildman–Crippen MR) is 71.2 cm³/mol. The quantitative estimate of drug-likeness (QED) is 0.538. The molecule has 0 bridgehead atoms. The number of aldehydes is 1. The van der Waals surface area contributed by atoms with E-state index >= 15 is 0 Å². The molecule has 0 aromatic heterocycles. The van der Waals surface area contributed by atoms with Crippen molar-refractivity contribution in [1.29, 1.82) is 0 Å². The van der Waals surface area contributed by atoms with Crippen LogP contribution in [-0.2, 0) is 19.6 Å². The van der Waals surface area contributed by atoms with Gasteiger partial charge in [-0.15, -0.1) is 0 Å². The Hall–Kier alpha value is -0.450. The first-order valence-electron chi connectivity index (χ1n) is 7.80. The fourth-order valence-electron chi connectivity index (χ4n) is 3.23. The molecule has 1 spiro atoms. The average Bonchev–Trinajstić information content (AvgIpc) is 2.43. The Kier molecular flexibility index (Phi) is 6.28. The van der Waals surface area contributed by atoms with Gasteiger partial charge >= 0.3 is 0 Å². The lowest BCUT2D eigenvalue weighted by Crippen LogP contribution is -2.47. The van der Waals surface area contributed by atoms with E-state index in [1.165, 1.54) is 44.9 Å². The molecule has 1 heterocycles. The highest BCUT2D eigenvalue weighted by molar-refractivity contribution is 5.56. The zero-order chi connectivity index (χ0) is 13.4. The SMILES string of the molecule is O=CC1COOOC12CCCCCCCCCCC2. The monoisotopic (exact) mass is 270 g/mol. The number of hydrogen-bond donors (Lipinski definition) is 0. The van der Waals surface area contributed by atoms with Crippen LogP contribution in [0.15, 0.2) is 0 Å². The zero-order valence-electron chi connectivity index (χ0n) is 11.8. The van der Waals surface area contributed by atoms with Crippen LogP contribution in [0.2, 0.25) is 0 Å². The highest BCUT2D eigenvalue weighted by Gasteiger charge is 2.44. The van der Waals surface area contributed by atoms with Gasteiger partial charge in [-0.3, -0.25) is 0 Å². The van der Waals surface area contributed by atoms with Crippen molar-refractivity contribution >= 4 is 6.29 Å². The first-order chi connectivity index (χ1) is 9.37. The van der Waals surface area contributed by atoms with Crippen LogP contribution >= 0.6 is 0 Å². The molecular formula is C15H26O4. The van der Waals surface area contributed by atoms with Crippen molar-refractivity contribution in [1.82, 2.24) is 0 Å². The van der Waals surface area contributed by atoms with E-state index in [9.17, 15) is 4.79 Å². The van der Waals surface area contributed by atoms with E-state index in [0.29, 0.717) is 6.61 Å². The summed E-state index contributed by atoms with van der Waals surface area (Å²) < 4.78 is 0. The maximum atomic E-state index is 11.3. The van der Waals surface area contributed by atoms with Crippen molar-refractivity contribution in [3.63, 3.8) is 0 Å². The van der Waals surface area contributed by atoms with Gasteiger partial charge in [-0.05, 0) is 12.8 Å². The van der Waals surface area contributed by atoms with Crippen LogP contribution in [-0.4, -0.2) is 18.5 Å². The number of carbonyl (C=O) groups excluding carboxylic acids is 1. The molecule has 0 radical (unpaired) electrons. The van der Waals surface area contributed by atoms with E-state index in [1.807, 2.05) is 0 Å². The largest absolute Gasteiger partial charge is 0.303 e. The van der Waals surface area contributed by atoms with Gasteiger partial charge in [0.05, 0.1) is 12.5 Å². The molecule has 2 fully saturated rings. The van der Waals surface area contributed by atoms with Crippen LogP contribution in [0.3, 0.4) is 0 Å². The Morgan fingerprint density at radius 3 is 1.89 bits per heavy atom. The molecule has 4 nitrogen and oxygen atoms in total. The molecule has 4 heteroatoms. The van der Waals surface area contributed by atoms with Gasteiger partial charge in [0, 0.05) is 0 Å². The van der Waals surface area contributed by atoms with E-state index in [-0.39, 0.29) is 5.92 Å². The zero-order valence-corrected chi connectivity index (χ0v) is 11.8. The molecule has 110 valence electrons. The van der Waals surface area contributed by atoms with Crippen LogP contribution in [0, 0.1) is 5.92 Å². The van der Waals surface area contributed by atoms with Crippen LogP contribution in [0.4, 0.5) is 0 Å². The lowest BCUT2D eigenvalue weighted by atomic mass is 9.79. The lowest BCUT2D eigenvalue weighted by Gasteiger charge is -2.39. The van der Waals surface area contributed by atoms with Crippen LogP contribution < -0.4 is 0 Å². The second-order valence-corrected chi connectivity index (χ2v) is 5.93. The van der Waals surface area contributed by atoms with Gasteiger partial charge in [-0.1, -0.05) is 62.8 Å². The minimum Gasteiger partial charge on any atom is -0.303 e. The fraction of sp³-hybridized carbons (Fsp3) is 0.933. The normalized spacial score (nSPS) is 30.2. The summed E-state index contributed by atoms with van der Waals surface area (Å²) in [4.78, 5) is 21.6. The minimum absolute atomic E-state index is 0.191. The molecule has 19 heavy (non-hydrogen) atoms. The molecule has 1 atom stereocenters. The van der Waals surface area contributed by atoms with Crippen molar-refractivity contribution < 1.29 is 19.6 Å². The molecule has 1 saturated carbocycles. The van der Waals surface area contributed by atoms with Crippen molar-refractivity contribution in [2.24, 2.45) is 5.92 Å². The summed E-state index contributed by atoms with van der Waals surface area (Å²) in [5, 5.41) is 4.76. The smallest absolute Gasteiger partial charge is 0.128 e. The van der Waals surface area contributed by atoms with Gasteiger partial charge in [0.1, 0.15) is 11.9 Å². The van der Waals surface area contributed by atoms with Gasteiger partial charge in [-0.25, -0.2) is 4.89 Å². The summed E-state index contributed by atoms with van der Waals surface area (Å²) in [6.07, 6.45) is 14.1. The Labute approximate surface area is 115 Å². The van der Waals surface area contributed by atoms with Crippen LogP contribution in [0.25, 0.3) is 0 Å². The Bertz CT molecular complexity index is 255. The third-order valence-corrected chi connectivity index (χ3v) is 4.54. The van der Waals surface area contributed by atoms with Crippen molar-refractivity contribution in [2.75, 3.05) is 6.61 Å². The van der Waals surface area contributed by atoms with Crippen molar-refractivity contribution in [3.8, 4) is 0 Å². The second kappa shape index (κ2) is 7.98. The molecule has 1 saturated heterocycles.